The fraction of sp³-hybridized carbons (Fsp3) is 0.800. The van der Waals surface area contributed by atoms with Gasteiger partial charge in [0, 0.05) is 24.7 Å². The molecule has 5 saturated carbocycles. The highest BCUT2D eigenvalue weighted by molar-refractivity contribution is 5.30. The van der Waals surface area contributed by atoms with Gasteiger partial charge in [-0.3, -0.25) is 0 Å². The van der Waals surface area contributed by atoms with Gasteiger partial charge in [-0.25, -0.2) is 0 Å². The second-order valence-corrected chi connectivity index (χ2v) is 13.5. The van der Waals surface area contributed by atoms with Gasteiger partial charge in [0.2, 0.25) is 11.6 Å². The lowest BCUT2D eigenvalue weighted by molar-refractivity contribution is -0.390. The Morgan fingerprint density at radius 2 is 1.69 bits per heavy atom. The fourth-order valence-corrected chi connectivity index (χ4v) is 7.95. The normalized spacial score (nSPS) is 40.1. The van der Waals surface area contributed by atoms with Gasteiger partial charge < -0.3 is 14.8 Å². The molecule has 35 heavy (non-hydrogen) atoms. The Morgan fingerprint density at radius 3 is 2.37 bits per heavy atom. The molecule has 1 unspecified atom stereocenters. The van der Waals surface area contributed by atoms with Crippen molar-refractivity contribution in [2.24, 2.45) is 29.1 Å². The summed E-state index contributed by atoms with van der Waals surface area (Å²) < 4.78 is 13.0. The lowest BCUT2D eigenvalue weighted by atomic mass is 9.53. The van der Waals surface area contributed by atoms with Crippen molar-refractivity contribution in [3.05, 3.63) is 29.8 Å². The summed E-state index contributed by atoms with van der Waals surface area (Å²) in [7, 11) is 0. The van der Waals surface area contributed by atoms with E-state index in [1.54, 1.807) is 0 Å². The molecular formula is C30H45NO4. The molecule has 4 bridgehead atoms. The van der Waals surface area contributed by atoms with Crippen LogP contribution in [0.25, 0.3) is 0 Å². The largest absolute Gasteiger partial charge is 0.494 e. The van der Waals surface area contributed by atoms with Crippen LogP contribution in [0.4, 0.5) is 0 Å². The molecule has 1 aromatic rings. The Kier molecular flexibility index (Phi) is 6.44. The molecule has 1 N–H and O–H groups in total. The Bertz CT molecular complexity index is 849. The van der Waals surface area contributed by atoms with Crippen LogP contribution in [0.2, 0.25) is 0 Å². The number of benzene rings is 1. The molecule has 7 rings (SSSR count). The maximum Gasteiger partial charge on any atom is 0.210 e. The van der Waals surface area contributed by atoms with E-state index < -0.39 is 11.6 Å². The summed E-state index contributed by atoms with van der Waals surface area (Å²) in [6.45, 7) is 9.54. The average Bonchev–Trinajstić information content (AvgIpc) is 3.18. The number of nitrogens with one attached hydrogen (secondary N) is 1. The molecule has 5 heteroatoms. The highest BCUT2D eigenvalue weighted by Gasteiger charge is 2.67. The molecule has 5 aliphatic carbocycles. The molecule has 1 aliphatic heterocycles. The van der Waals surface area contributed by atoms with E-state index in [2.05, 4.69) is 50.4 Å². The van der Waals surface area contributed by atoms with Gasteiger partial charge in [-0.2, -0.15) is 9.78 Å². The monoisotopic (exact) mass is 483 g/mol. The minimum Gasteiger partial charge on any atom is -0.494 e. The third-order valence-electron chi connectivity index (χ3n) is 9.39. The van der Waals surface area contributed by atoms with E-state index in [1.165, 1.54) is 44.1 Å². The maximum absolute atomic E-state index is 6.96. The molecule has 1 saturated heterocycles. The van der Waals surface area contributed by atoms with Crippen LogP contribution in [0, 0.1) is 29.1 Å². The predicted molar refractivity (Wildman–Crippen MR) is 136 cm³/mol. The van der Waals surface area contributed by atoms with E-state index in [9.17, 15) is 0 Å². The first kappa shape index (κ1) is 24.2. The van der Waals surface area contributed by atoms with E-state index in [4.69, 9.17) is 19.2 Å². The van der Waals surface area contributed by atoms with E-state index in [0.717, 1.165) is 63.0 Å². The topological polar surface area (TPSA) is 49.0 Å². The van der Waals surface area contributed by atoms with Crippen molar-refractivity contribution in [2.75, 3.05) is 19.7 Å². The van der Waals surface area contributed by atoms with Crippen LogP contribution >= 0.6 is 0 Å². The first-order chi connectivity index (χ1) is 16.8. The summed E-state index contributed by atoms with van der Waals surface area (Å²) in [5, 5.41) is 3.51. The number of hydrogen-bond acceptors (Lipinski definition) is 5. The summed E-state index contributed by atoms with van der Waals surface area (Å²) in [6, 6.07) is 8.74. The Morgan fingerprint density at radius 1 is 0.971 bits per heavy atom. The first-order valence-electron chi connectivity index (χ1n) is 14.3. The SMILES string of the molecule is CC(C)(C)CNCCCOc1ccc(C2CCC[C@]3(C2)OOC2(O3)C3CC4CC(C3)CC2C4)cc1. The predicted octanol–water partition coefficient (Wildman–Crippen LogP) is 6.58. The van der Waals surface area contributed by atoms with Crippen molar-refractivity contribution in [3.8, 4) is 5.75 Å². The Labute approximate surface area is 211 Å². The Hall–Kier alpha value is -1.14. The summed E-state index contributed by atoms with van der Waals surface area (Å²) in [4.78, 5) is 12.4. The molecule has 2 spiro atoms. The minimum atomic E-state index is -0.562. The number of hydrogen-bond donors (Lipinski definition) is 1. The summed E-state index contributed by atoms with van der Waals surface area (Å²) in [6.07, 6.45) is 11.7. The molecule has 5 nitrogen and oxygen atoms in total. The van der Waals surface area contributed by atoms with Crippen molar-refractivity contribution in [2.45, 2.75) is 102 Å². The van der Waals surface area contributed by atoms with Crippen LogP contribution in [-0.2, 0) is 14.5 Å². The molecule has 194 valence electrons. The fourth-order valence-electron chi connectivity index (χ4n) is 7.95. The van der Waals surface area contributed by atoms with Gasteiger partial charge in [0.05, 0.1) is 6.61 Å². The third-order valence-corrected chi connectivity index (χ3v) is 9.39. The van der Waals surface area contributed by atoms with Gasteiger partial charge in [-0.15, -0.1) is 0 Å². The molecule has 0 aromatic heterocycles. The minimum absolute atomic E-state index is 0.325. The van der Waals surface area contributed by atoms with Gasteiger partial charge in [0.15, 0.2) is 0 Å². The lowest BCUT2D eigenvalue weighted by Crippen LogP contribution is -2.59. The number of ether oxygens (including phenoxy) is 2. The highest BCUT2D eigenvalue weighted by atomic mass is 17.3. The highest BCUT2D eigenvalue weighted by Crippen LogP contribution is 2.64. The molecule has 0 radical (unpaired) electrons. The van der Waals surface area contributed by atoms with Gasteiger partial charge in [0.25, 0.3) is 0 Å². The lowest BCUT2D eigenvalue weighted by Gasteiger charge is -2.57. The van der Waals surface area contributed by atoms with Crippen LogP contribution in [0.15, 0.2) is 24.3 Å². The molecule has 6 aliphatic rings. The summed E-state index contributed by atoms with van der Waals surface area (Å²) in [5.74, 6) is 3.21. The molecule has 1 heterocycles. The van der Waals surface area contributed by atoms with Gasteiger partial charge in [0.1, 0.15) is 5.75 Å². The Balaban J connectivity index is 1.03. The molecular weight excluding hydrogens is 438 g/mol. The van der Waals surface area contributed by atoms with Gasteiger partial charge in [-0.05, 0) is 105 Å². The van der Waals surface area contributed by atoms with E-state index >= 15 is 0 Å². The standard InChI is InChI=1S/C30H45NO4/c1-28(2,3)20-31-12-5-13-32-27-9-7-23(8-10-27)24-6-4-11-29(19-24)33-30(35-34-29)25-15-21-14-22(17-25)18-26(30)16-21/h7-10,21-22,24-26,31H,4-6,11-20H2,1-3H3/t21?,22?,24?,25?,26?,29-,30?/m1/s1. The summed E-state index contributed by atoms with van der Waals surface area (Å²) >= 11 is 0. The molecule has 6 fully saturated rings. The smallest absolute Gasteiger partial charge is 0.210 e. The second-order valence-electron chi connectivity index (χ2n) is 13.5. The van der Waals surface area contributed by atoms with Crippen molar-refractivity contribution < 1.29 is 19.2 Å². The van der Waals surface area contributed by atoms with Crippen molar-refractivity contribution in [1.82, 2.24) is 5.32 Å². The zero-order valence-electron chi connectivity index (χ0n) is 22.0. The van der Waals surface area contributed by atoms with Crippen LogP contribution in [0.3, 0.4) is 0 Å². The van der Waals surface area contributed by atoms with E-state index in [0.29, 0.717) is 23.2 Å². The van der Waals surface area contributed by atoms with E-state index in [1.807, 2.05) is 0 Å². The van der Waals surface area contributed by atoms with Gasteiger partial charge in [-0.1, -0.05) is 32.9 Å². The third kappa shape index (κ3) is 4.91. The van der Waals surface area contributed by atoms with Crippen molar-refractivity contribution in [3.63, 3.8) is 0 Å². The zero-order chi connectivity index (χ0) is 24.1. The molecule has 1 aromatic carbocycles. The maximum atomic E-state index is 6.96. The van der Waals surface area contributed by atoms with Crippen LogP contribution in [0.1, 0.15) is 96.5 Å². The van der Waals surface area contributed by atoms with Crippen LogP contribution < -0.4 is 10.1 Å². The summed E-state index contributed by atoms with van der Waals surface area (Å²) in [5.41, 5.74) is 1.69. The van der Waals surface area contributed by atoms with Crippen LogP contribution in [0.5, 0.6) is 5.75 Å². The number of rotatable bonds is 7. The van der Waals surface area contributed by atoms with Crippen LogP contribution in [-0.4, -0.2) is 31.3 Å². The zero-order valence-corrected chi connectivity index (χ0v) is 22.0. The second kappa shape index (κ2) is 9.31. The van der Waals surface area contributed by atoms with E-state index in [-0.39, 0.29) is 0 Å². The average molecular weight is 484 g/mol. The quantitative estimate of drug-likeness (QED) is 0.351. The molecule has 2 atom stereocenters. The van der Waals surface area contributed by atoms with Gasteiger partial charge >= 0.3 is 0 Å². The first-order valence-corrected chi connectivity index (χ1v) is 14.3. The van der Waals surface area contributed by atoms with Crippen molar-refractivity contribution >= 4 is 0 Å². The van der Waals surface area contributed by atoms with Crippen molar-refractivity contribution in [1.29, 1.82) is 0 Å². The molecule has 0 amide bonds.